The average molecular weight is 277 g/mol. The maximum atomic E-state index is 6.48. The first kappa shape index (κ1) is 14.2. The second-order valence-electron chi connectivity index (χ2n) is 6.53. The summed E-state index contributed by atoms with van der Waals surface area (Å²) in [6.07, 6.45) is 9.51. The highest BCUT2D eigenvalue weighted by atomic mass is 16.5. The SMILES string of the molecule is CCc1ccc(C(N)C2CCOC3(CCCCC3)C2)o1. The Bertz CT molecular complexity index is 428. The molecule has 2 N–H and O–H groups in total. The largest absolute Gasteiger partial charge is 0.464 e. The fourth-order valence-corrected chi connectivity index (χ4v) is 3.91. The van der Waals surface area contributed by atoms with Crippen LogP contribution in [-0.4, -0.2) is 12.2 Å². The molecule has 1 aromatic heterocycles. The van der Waals surface area contributed by atoms with Crippen LogP contribution in [0.3, 0.4) is 0 Å². The smallest absolute Gasteiger partial charge is 0.121 e. The molecule has 0 aromatic carbocycles. The molecule has 2 aliphatic rings. The van der Waals surface area contributed by atoms with Crippen LogP contribution >= 0.6 is 0 Å². The molecule has 2 fully saturated rings. The van der Waals surface area contributed by atoms with E-state index in [2.05, 4.69) is 19.1 Å². The number of rotatable bonds is 3. The fourth-order valence-electron chi connectivity index (χ4n) is 3.91. The topological polar surface area (TPSA) is 48.4 Å². The van der Waals surface area contributed by atoms with Crippen molar-refractivity contribution in [2.24, 2.45) is 11.7 Å². The third kappa shape index (κ3) is 2.79. The first-order valence-corrected chi connectivity index (χ1v) is 8.20. The highest BCUT2D eigenvalue weighted by Gasteiger charge is 2.40. The lowest BCUT2D eigenvalue weighted by atomic mass is 9.74. The van der Waals surface area contributed by atoms with Crippen LogP contribution in [-0.2, 0) is 11.2 Å². The lowest BCUT2D eigenvalue weighted by Gasteiger charge is -2.44. The molecule has 112 valence electrons. The number of ether oxygens (including phenoxy) is 1. The normalized spacial score (nSPS) is 27.6. The zero-order valence-electron chi connectivity index (χ0n) is 12.6. The van der Waals surface area contributed by atoms with Crippen LogP contribution in [0.5, 0.6) is 0 Å². The molecule has 20 heavy (non-hydrogen) atoms. The second-order valence-corrected chi connectivity index (χ2v) is 6.53. The zero-order chi connectivity index (χ0) is 14.0. The Morgan fingerprint density at radius 2 is 2.10 bits per heavy atom. The predicted molar refractivity (Wildman–Crippen MR) is 79.5 cm³/mol. The summed E-state index contributed by atoms with van der Waals surface area (Å²) < 4.78 is 12.0. The molecule has 1 saturated heterocycles. The van der Waals surface area contributed by atoms with Crippen LogP contribution in [0.1, 0.15) is 69.4 Å². The van der Waals surface area contributed by atoms with Crippen molar-refractivity contribution >= 4 is 0 Å². The van der Waals surface area contributed by atoms with Gasteiger partial charge in [-0.2, -0.15) is 0 Å². The quantitative estimate of drug-likeness (QED) is 0.909. The third-order valence-electron chi connectivity index (χ3n) is 5.16. The second kappa shape index (κ2) is 5.90. The first-order valence-electron chi connectivity index (χ1n) is 8.20. The molecule has 0 bridgehead atoms. The Morgan fingerprint density at radius 3 is 2.80 bits per heavy atom. The van der Waals surface area contributed by atoms with Gasteiger partial charge in [0.15, 0.2) is 0 Å². The summed E-state index contributed by atoms with van der Waals surface area (Å²) >= 11 is 0. The van der Waals surface area contributed by atoms with Gasteiger partial charge < -0.3 is 14.9 Å². The van der Waals surface area contributed by atoms with Gasteiger partial charge in [-0.3, -0.25) is 0 Å². The highest BCUT2D eigenvalue weighted by Crippen LogP contribution is 2.43. The molecule has 1 spiro atoms. The van der Waals surface area contributed by atoms with E-state index in [0.29, 0.717) is 5.92 Å². The summed E-state index contributed by atoms with van der Waals surface area (Å²) in [6, 6.07) is 4.15. The minimum absolute atomic E-state index is 0.0259. The summed E-state index contributed by atoms with van der Waals surface area (Å²) in [7, 11) is 0. The summed E-state index contributed by atoms with van der Waals surface area (Å²) in [4.78, 5) is 0. The van der Waals surface area contributed by atoms with Crippen LogP contribution in [0.4, 0.5) is 0 Å². The first-order chi connectivity index (χ1) is 9.72. The minimum atomic E-state index is 0.0259. The molecule has 2 heterocycles. The van der Waals surface area contributed by atoms with E-state index in [9.17, 15) is 0 Å². The molecular formula is C17H27NO2. The van der Waals surface area contributed by atoms with Crippen LogP contribution in [0.2, 0.25) is 0 Å². The molecule has 1 aromatic rings. The highest BCUT2D eigenvalue weighted by molar-refractivity contribution is 5.12. The molecule has 0 radical (unpaired) electrons. The van der Waals surface area contributed by atoms with Gasteiger partial charge >= 0.3 is 0 Å². The molecule has 1 aliphatic carbocycles. The lowest BCUT2D eigenvalue weighted by molar-refractivity contribution is -0.121. The number of hydrogen-bond donors (Lipinski definition) is 1. The molecule has 1 aliphatic heterocycles. The Kier molecular flexibility index (Phi) is 4.18. The van der Waals surface area contributed by atoms with Crippen molar-refractivity contribution in [3.8, 4) is 0 Å². The summed E-state index contributed by atoms with van der Waals surface area (Å²) in [5, 5.41) is 0. The van der Waals surface area contributed by atoms with Gasteiger partial charge in [0, 0.05) is 13.0 Å². The Morgan fingerprint density at radius 1 is 1.30 bits per heavy atom. The van der Waals surface area contributed by atoms with Gasteiger partial charge in [-0.05, 0) is 43.7 Å². The van der Waals surface area contributed by atoms with E-state index in [0.717, 1.165) is 37.4 Å². The maximum Gasteiger partial charge on any atom is 0.121 e. The molecular weight excluding hydrogens is 250 g/mol. The summed E-state index contributed by atoms with van der Waals surface area (Å²) in [6.45, 7) is 2.97. The molecule has 1 saturated carbocycles. The molecule has 2 atom stereocenters. The van der Waals surface area contributed by atoms with Gasteiger partial charge in [-0.15, -0.1) is 0 Å². The fraction of sp³-hybridized carbons (Fsp3) is 0.765. The van der Waals surface area contributed by atoms with E-state index in [1.165, 1.54) is 32.1 Å². The zero-order valence-corrected chi connectivity index (χ0v) is 12.6. The molecule has 3 rings (SSSR count). The summed E-state index contributed by atoms with van der Waals surface area (Å²) in [5.74, 6) is 2.49. The number of aryl methyl sites for hydroxylation is 1. The molecule has 3 nitrogen and oxygen atoms in total. The van der Waals surface area contributed by atoms with E-state index in [1.54, 1.807) is 0 Å². The van der Waals surface area contributed by atoms with Crippen molar-refractivity contribution in [2.75, 3.05) is 6.61 Å². The van der Waals surface area contributed by atoms with Crippen molar-refractivity contribution in [1.82, 2.24) is 0 Å². The van der Waals surface area contributed by atoms with E-state index >= 15 is 0 Å². The van der Waals surface area contributed by atoms with E-state index in [-0.39, 0.29) is 11.6 Å². The van der Waals surface area contributed by atoms with E-state index in [4.69, 9.17) is 14.9 Å². The third-order valence-corrected chi connectivity index (χ3v) is 5.16. The molecule has 2 unspecified atom stereocenters. The van der Waals surface area contributed by atoms with Gasteiger partial charge in [0.2, 0.25) is 0 Å². The number of nitrogens with two attached hydrogens (primary N) is 1. The van der Waals surface area contributed by atoms with Crippen molar-refractivity contribution in [3.63, 3.8) is 0 Å². The van der Waals surface area contributed by atoms with Crippen LogP contribution in [0.25, 0.3) is 0 Å². The standard InChI is InChI=1S/C17H27NO2/c1-2-14-6-7-15(20-14)16(18)13-8-11-19-17(12-13)9-4-3-5-10-17/h6-7,13,16H,2-5,8-12,18H2,1H3. The Labute approximate surface area is 121 Å². The van der Waals surface area contributed by atoms with Crippen LogP contribution in [0.15, 0.2) is 16.5 Å². The van der Waals surface area contributed by atoms with Gasteiger partial charge in [0.1, 0.15) is 11.5 Å². The van der Waals surface area contributed by atoms with Gasteiger partial charge in [0.25, 0.3) is 0 Å². The van der Waals surface area contributed by atoms with Crippen LogP contribution < -0.4 is 5.73 Å². The predicted octanol–water partition coefficient (Wildman–Crippen LogP) is 3.97. The van der Waals surface area contributed by atoms with Crippen LogP contribution in [0, 0.1) is 5.92 Å². The number of furan rings is 1. The maximum absolute atomic E-state index is 6.48. The molecule has 0 amide bonds. The summed E-state index contributed by atoms with van der Waals surface area (Å²) in [5.41, 5.74) is 6.60. The van der Waals surface area contributed by atoms with E-state index < -0.39 is 0 Å². The Balaban J connectivity index is 1.69. The van der Waals surface area contributed by atoms with Gasteiger partial charge in [-0.1, -0.05) is 26.2 Å². The van der Waals surface area contributed by atoms with Crippen molar-refractivity contribution < 1.29 is 9.15 Å². The van der Waals surface area contributed by atoms with Gasteiger partial charge in [0.05, 0.1) is 11.6 Å². The minimum Gasteiger partial charge on any atom is -0.464 e. The Hall–Kier alpha value is -0.800. The van der Waals surface area contributed by atoms with Gasteiger partial charge in [-0.25, -0.2) is 0 Å². The lowest BCUT2D eigenvalue weighted by Crippen LogP contribution is -2.43. The number of hydrogen-bond acceptors (Lipinski definition) is 3. The van der Waals surface area contributed by atoms with Crippen molar-refractivity contribution in [1.29, 1.82) is 0 Å². The average Bonchev–Trinajstić information content (AvgIpc) is 2.96. The molecule has 3 heteroatoms. The van der Waals surface area contributed by atoms with Crippen molar-refractivity contribution in [3.05, 3.63) is 23.7 Å². The monoisotopic (exact) mass is 277 g/mol. The van der Waals surface area contributed by atoms with Crippen molar-refractivity contribution in [2.45, 2.75) is 69.9 Å². The van der Waals surface area contributed by atoms with E-state index in [1.807, 2.05) is 0 Å².